The van der Waals surface area contributed by atoms with Gasteiger partial charge in [-0.15, -0.1) is 0 Å². The van der Waals surface area contributed by atoms with Crippen molar-refractivity contribution in [3.8, 4) is 0 Å². The lowest BCUT2D eigenvalue weighted by molar-refractivity contribution is -0.138. The van der Waals surface area contributed by atoms with Crippen LogP contribution in [0.1, 0.15) is 29.8 Å². The van der Waals surface area contributed by atoms with E-state index in [1.807, 2.05) is 51.0 Å². The van der Waals surface area contributed by atoms with E-state index < -0.39 is 5.97 Å². The molecule has 110 valence electrons. The summed E-state index contributed by atoms with van der Waals surface area (Å²) in [4.78, 5) is 26.6. The van der Waals surface area contributed by atoms with Crippen molar-refractivity contribution in [2.75, 3.05) is 20.6 Å². The zero-order chi connectivity index (χ0) is 15.3. The van der Waals surface area contributed by atoms with Gasteiger partial charge in [-0.25, -0.2) is 0 Å². The monoisotopic (exact) mass is 278 g/mol. The number of carbonyl (C=O) groups is 2. The molecule has 20 heavy (non-hydrogen) atoms. The van der Waals surface area contributed by atoms with Gasteiger partial charge in [-0.05, 0) is 45.6 Å². The van der Waals surface area contributed by atoms with Gasteiger partial charge in [0.1, 0.15) is 6.54 Å². The lowest BCUT2D eigenvalue weighted by Crippen LogP contribution is -2.40. The lowest BCUT2D eigenvalue weighted by atomic mass is 10.1. The number of carboxylic acid groups (broad SMARTS) is 1. The minimum atomic E-state index is -1.00. The second kappa shape index (κ2) is 7.05. The largest absolute Gasteiger partial charge is 0.480 e. The summed E-state index contributed by atoms with van der Waals surface area (Å²) in [6, 6.07) is 7.16. The van der Waals surface area contributed by atoms with E-state index in [2.05, 4.69) is 0 Å². The first kappa shape index (κ1) is 16.2. The second-order valence-corrected chi connectivity index (χ2v) is 5.36. The highest BCUT2D eigenvalue weighted by Crippen LogP contribution is 2.12. The molecule has 1 aromatic rings. The Hall–Kier alpha value is -1.88. The molecule has 0 fully saturated rings. The van der Waals surface area contributed by atoms with Gasteiger partial charge in [0.05, 0.1) is 0 Å². The predicted molar refractivity (Wildman–Crippen MR) is 77.6 cm³/mol. The molecular formula is C15H22N2O3. The highest BCUT2D eigenvalue weighted by atomic mass is 16.4. The number of rotatable bonds is 6. The van der Waals surface area contributed by atoms with Crippen LogP contribution >= 0.6 is 0 Å². The van der Waals surface area contributed by atoms with Crippen LogP contribution in [-0.2, 0) is 11.3 Å². The van der Waals surface area contributed by atoms with E-state index in [4.69, 9.17) is 5.11 Å². The maximum atomic E-state index is 12.4. The summed E-state index contributed by atoms with van der Waals surface area (Å²) in [6.45, 7) is 4.07. The molecule has 1 amide bonds. The first-order valence-corrected chi connectivity index (χ1v) is 6.57. The van der Waals surface area contributed by atoms with E-state index in [0.29, 0.717) is 5.56 Å². The highest BCUT2D eigenvalue weighted by molar-refractivity contribution is 5.96. The third kappa shape index (κ3) is 4.66. The average Bonchev–Trinajstić information content (AvgIpc) is 2.34. The summed E-state index contributed by atoms with van der Waals surface area (Å²) < 4.78 is 0. The van der Waals surface area contributed by atoms with Gasteiger partial charge in [0.2, 0.25) is 0 Å². The van der Waals surface area contributed by atoms with E-state index >= 15 is 0 Å². The van der Waals surface area contributed by atoms with Crippen LogP contribution in [0.25, 0.3) is 0 Å². The standard InChI is InChI=1S/C15H22N2O3/c1-11(2)17(10-14(18)19)15(20)13-7-5-6-12(8-13)9-16(3)4/h5-8,11H,9-10H2,1-4H3,(H,18,19). The van der Waals surface area contributed by atoms with Crippen LogP contribution in [0, 0.1) is 0 Å². The minimum Gasteiger partial charge on any atom is -0.480 e. The smallest absolute Gasteiger partial charge is 0.323 e. The number of hydrogen-bond acceptors (Lipinski definition) is 3. The zero-order valence-electron chi connectivity index (χ0n) is 12.5. The Kier molecular flexibility index (Phi) is 5.70. The van der Waals surface area contributed by atoms with Crippen molar-refractivity contribution in [3.05, 3.63) is 35.4 Å². The maximum Gasteiger partial charge on any atom is 0.323 e. The van der Waals surface area contributed by atoms with Crippen LogP contribution in [0.4, 0.5) is 0 Å². The van der Waals surface area contributed by atoms with E-state index in [-0.39, 0.29) is 18.5 Å². The Labute approximate surface area is 119 Å². The SMILES string of the molecule is CC(C)N(CC(=O)O)C(=O)c1cccc(CN(C)C)c1. The highest BCUT2D eigenvalue weighted by Gasteiger charge is 2.21. The number of amides is 1. The van der Waals surface area contributed by atoms with Crippen LogP contribution in [0.3, 0.4) is 0 Å². The van der Waals surface area contributed by atoms with Crippen molar-refractivity contribution < 1.29 is 14.7 Å². The summed E-state index contributed by atoms with van der Waals surface area (Å²) in [5, 5.41) is 8.90. The molecule has 0 aliphatic rings. The van der Waals surface area contributed by atoms with E-state index in [1.54, 1.807) is 6.07 Å². The maximum absolute atomic E-state index is 12.4. The van der Waals surface area contributed by atoms with Gasteiger partial charge in [0.15, 0.2) is 0 Å². The van der Waals surface area contributed by atoms with Crippen LogP contribution in [0.15, 0.2) is 24.3 Å². The molecule has 0 atom stereocenters. The lowest BCUT2D eigenvalue weighted by Gasteiger charge is -2.25. The molecule has 1 aromatic carbocycles. The van der Waals surface area contributed by atoms with Crippen molar-refractivity contribution in [2.24, 2.45) is 0 Å². The molecule has 0 aliphatic carbocycles. The third-order valence-electron chi connectivity index (χ3n) is 2.86. The quantitative estimate of drug-likeness (QED) is 0.860. The molecule has 0 radical (unpaired) electrons. The number of hydrogen-bond donors (Lipinski definition) is 1. The van der Waals surface area contributed by atoms with Gasteiger partial charge in [-0.3, -0.25) is 9.59 Å². The van der Waals surface area contributed by atoms with Crippen molar-refractivity contribution >= 4 is 11.9 Å². The fourth-order valence-electron chi connectivity index (χ4n) is 1.97. The van der Waals surface area contributed by atoms with Crippen molar-refractivity contribution in [2.45, 2.75) is 26.4 Å². The molecular weight excluding hydrogens is 256 g/mol. The second-order valence-electron chi connectivity index (χ2n) is 5.36. The van der Waals surface area contributed by atoms with Crippen molar-refractivity contribution in [1.29, 1.82) is 0 Å². The Bertz CT molecular complexity index is 484. The molecule has 0 saturated carbocycles. The molecule has 0 unspecified atom stereocenters. The van der Waals surface area contributed by atoms with Crippen LogP contribution in [0.5, 0.6) is 0 Å². The fraction of sp³-hybridized carbons (Fsp3) is 0.467. The molecule has 5 nitrogen and oxygen atoms in total. The Morgan fingerprint density at radius 3 is 2.40 bits per heavy atom. The number of aliphatic carboxylic acids is 1. The average molecular weight is 278 g/mol. The first-order chi connectivity index (χ1) is 9.31. The van der Waals surface area contributed by atoms with E-state index in [9.17, 15) is 9.59 Å². The van der Waals surface area contributed by atoms with Crippen molar-refractivity contribution in [1.82, 2.24) is 9.80 Å². The van der Waals surface area contributed by atoms with Gasteiger partial charge >= 0.3 is 5.97 Å². The van der Waals surface area contributed by atoms with Gasteiger partial charge in [-0.1, -0.05) is 12.1 Å². The summed E-state index contributed by atoms with van der Waals surface area (Å²) >= 11 is 0. The topological polar surface area (TPSA) is 60.9 Å². The third-order valence-corrected chi connectivity index (χ3v) is 2.86. The number of benzene rings is 1. The van der Waals surface area contributed by atoms with Gasteiger partial charge in [0, 0.05) is 18.2 Å². The van der Waals surface area contributed by atoms with E-state index in [0.717, 1.165) is 12.1 Å². The molecule has 1 rings (SSSR count). The number of nitrogens with zero attached hydrogens (tertiary/aromatic N) is 2. The predicted octanol–water partition coefficient (Wildman–Crippen LogP) is 1.68. The zero-order valence-corrected chi connectivity index (χ0v) is 12.5. The van der Waals surface area contributed by atoms with Gasteiger partial charge < -0.3 is 14.9 Å². The molecule has 0 aromatic heterocycles. The Balaban J connectivity index is 2.96. The van der Waals surface area contributed by atoms with Gasteiger partial charge in [0.25, 0.3) is 5.91 Å². The molecule has 0 spiro atoms. The van der Waals surface area contributed by atoms with Crippen LogP contribution in [-0.4, -0.2) is 53.5 Å². The van der Waals surface area contributed by atoms with E-state index in [1.165, 1.54) is 4.90 Å². The van der Waals surface area contributed by atoms with Gasteiger partial charge in [-0.2, -0.15) is 0 Å². The molecule has 0 bridgehead atoms. The molecule has 0 heterocycles. The number of carbonyl (C=O) groups excluding carboxylic acids is 1. The summed E-state index contributed by atoms with van der Waals surface area (Å²) in [5.41, 5.74) is 1.55. The summed E-state index contributed by atoms with van der Waals surface area (Å²) in [5.74, 6) is -1.25. The Morgan fingerprint density at radius 1 is 1.25 bits per heavy atom. The first-order valence-electron chi connectivity index (χ1n) is 6.57. The molecule has 1 N–H and O–H groups in total. The summed E-state index contributed by atoms with van der Waals surface area (Å²) in [6.07, 6.45) is 0. The normalized spacial score (nSPS) is 10.9. The number of carboxylic acids is 1. The summed E-state index contributed by atoms with van der Waals surface area (Å²) in [7, 11) is 3.92. The Morgan fingerprint density at radius 2 is 1.90 bits per heavy atom. The van der Waals surface area contributed by atoms with Crippen molar-refractivity contribution in [3.63, 3.8) is 0 Å². The van der Waals surface area contributed by atoms with Crippen LogP contribution < -0.4 is 0 Å². The molecule has 5 heteroatoms. The minimum absolute atomic E-state index is 0.156. The molecule has 0 aliphatic heterocycles. The fourth-order valence-corrected chi connectivity index (χ4v) is 1.97. The van der Waals surface area contributed by atoms with Crippen LogP contribution in [0.2, 0.25) is 0 Å². The molecule has 0 saturated heterocycles.